The van der Waals surface area contributed by atoms with Gasteiger partial charge in [0.2, 0.25) is 0 Å². The van der Waals surface area contributed by atoms with E-state index >= 15 is 0 Å². The third-order valence-corrected chi connectivity index (χ3v) is 4.87. The van der Waals surface area contributed by atoms with Gasteiger partial charge in [0, 0.05) is 0 Å². The number of aromatic nitrogens is 2. The van der Waals surface area contributed by atoms with Gasteiger partial charge in [-0.05, 0) is 54.8 Å². The lowest BCUT2D eigenvalue weighted by Gasteiger charge is -2.18. The molecule has 0 spiro atoms. The van der Waals surface area contributed by atoms with Crippen LogP contribution in [0.4, 0.5) is 0 Å². The van der Waals surface area contributed by atoms with Gasteiger partial charge in [0.25, 0.3) is 0 Å². The maximum atomic E-state index is 6.67. The number of hydrogen-bond donors (Lipinski definition) is 2. The Morgan fingerprint density at radius 2 is 1.79 bits per heavy atom. The Bertz CT molecular complexity index is 1010. The van der Waals surface area contributed by atoms with Crippen molar-refractivity contribution in [1.82, 2.24) is 25.9 Å². The Labute approximate surface area is 168 Å². The monoisotopic (exact) mass is 396 g/mol. The van der Waals surface area contributed by atoms with Gasteiger partial charge >= 0.3 is 0 Å². The molecule has 28 heavy (non-hydrogen) atoms. The van der Waals surface area contributed by atoms with Crippen LogP contribution < -0.4 is 15.8 Å². The molecular weight excluding hydrogens is 376 g/mol. The summed E-state index contributed by atoms with van der Waals surface area (Å²) in [6.07, 6.45) is 1.73. The van der Waals surface area contributed by atoms with Crippen LogP contribution in [0.5, 0.6) is 5.75 Å². The summed E-state index contributed by atoms with van der Waals surface area (Å²) in [6, 6.07) is 14.1. The van der Waals surface area contributed by atoms with E-state index in [0.717, 1.165) is 33.7 Å². The average Bonchev–Trinajstić information content (AvgIpc) is 3.27. The van der Waals surface area contributed by atoms with E-state index in [-0.39, 0.29) is 0 Å². The summed E-state index contributed by atoms with van der Waals surface area (Å²) in [4.78, 5) is 0. The molecule has 2 N–H and O–H groups in total. The van der Waals surface area contributed by atoms with Gasteiger partial charge in [0.15, 0.2) is 5.84 Å². The maximum Gasteiger partial charge on any atom is 0.178 e. The number of nitrogens with one attached hydrogen (secondary N) is 2. The van der Waals surface area contributed by atoms with Gasteiger partial charge in [-0.3, -0.25) is 5.01 Å². The quantitative estimate of drug-likeness (QED) is 0.692. The van der Waals surface area contributed by atoms with Crippen molar-refractivity contribution in [2.75, 3.05) is 7.11 Å². The van der Waals surface area contributed by atoms with Gasteiger partial charge in [-0.25, -0.2) is 10.2 Å². The molecule has 0 aliphatic carbocycles. The smallest absolute Gasteiger partial charge is 0.178 e. The summed E-state index contributed by atoms with van der Waals surface area (Å²) < 4.78 is 6.94. The lowest BCUT2D eigenvalue weighted by molar-refractivity contribution is 0.288. The molecular formula is C20H21ClN6O. The lowest BCUT2D eigenvalue weighted by atomic mass is 10.1. The van der Waals surface area contributed by atoms with Gasteiger partial charge < -0.3 is 4.74 Å². The molecule has 2 heterocycles. The van der Waals surface area contributed by atoms with Crippen LogP contribution in [0.2, 0.25) is 5.15 Å². The number of hydrogen-bond acceptors (Lipinski definition) is 6. The van der Waals surface area contributed by atoms with Gasteiger partial charge in [-0.2, -0.15) is 5.10 Å². The first-order valence-corrected chi connectivity index (χ1v) is 9.24. The van der Waals surface area contributed by atoms with E-state index in [4.69, 9.17) is 16.3 Å². The zero-order valence-corrected chi connectivity index (χ0v) is 16.7. The van der Waals surface area contributed by atoms with E-state index in [1.165, 1.54) is 0 Å². The van der Waals surface area contributed by atoms with Crippen LogP contribution in [0.1, 0.15) is 22.3 Å². The summed E-state index contributed by atoms with van der Waals surface area (Å²) in [5.74, 6) is 1.50. The third kappa shape index (κ3) is 3.54. The Morgan fingerprint density at radius 3 is 2.46 bits per heavy atom. The van der Waals surface area contributed by atoms with Crippen molar-refractivity contribution in [1.29, 1.82) is 0 Å². The Balaban J connectivity index is 1.60. The summed E-state index contributed by atoms with van der Waals surface area (Å²) in [6.45, 7) is 4.71. The molecule has 1 aliphatic rings. The van der Waals surface area contributed by atoms with Crippen molar-refractivity contribution < 1.29 is 4.74 Å². The number of ether oxygens (including phenoxy) is 1. The van der Waals surface area contributed by atoms with Crippen molar-refractivity contribution in [2.24, 2.45) is 5.10 Å². The molecule has 0 saturated heterocycles. The number of hydrazine groups is 2. The molecule has 8 heteroatoms. The van der Waals surface area contributed by atoms with E-state index in [2.05, 4.69) is 53.3 Å². The van der Waals surface area contributed by atoms with E-state index in [0.29, 0.717) is 17.5 Å². The Kier molecular flexibility index (Phi) is 4.93. The van der Waals surface area contributed by atoms with E-state index in [9.17, 15) is 0 Å². The fourth-order valence-corrected chi connectivity index (χ4v) is 3.50. The first-order chi connectivity index (χ1) is 13.5. The van der Waals surface area contributed by atoms with Crippen LogP contribution >= 0.6 is 11.6 Å². The summed E-state index contributed by atoms with van der Waals surface area (Å²) in [5, 5.41) is 11.2. The summed E-state index contributed by atoms with van der Waals surface area (Å²) in [5.41, 5.74) is 10.9. The molecule has 1 aliphatic heterocycles. The van der Waals surface area contributed by atoms with Crippen LogP contribution in [0.3, 0.4) is 0 Å². The molecule has 7 nitrogen and oxygen atoms in total. The molecule has 0 amide bonds. The number of nitrogens with zero attached hydrogens (tertiary/aromatic N) is 4. The lowest BCUT2D eigenvalue weighted by Crippen LogP contribution is -2.40. The molecule has 144 valence electrons. The predicted molar refractivity (Wildman–Crippen MR) is 109 cm³/mol. The van der Waals surface area contributed by atoms with Crippen LogP contribution in [0.15, 0.2) is 53.8 Å². The minimum Gasteiger partial charge on any atom is -0.497 e. The van der Waals surface area contributed by atoms with Crippen molar-refractivity contribution >= 4 is 17.4 Å². The van der Waals surface area contributed by atoms with Crippen molar-refractivity contribution in [3.63, 3.8) is 0 Å². The summed E-state index contributed by atoms with van der Waals surface area (Å²) >= 11 is 6.67. The number of amidine groups is 1. The second kappa shape index (κ2) is 7.53. The second-order valence-electron chi connectivity index (χ2n) is 6.70. The van der Waals surface area contributed by atoms with E-state index in [1.807, 2.05) is 29.3 Å². The number of halogens is 1. The first-order valence-electron chi connectivity index (χ1n) is 8.86. The Morgan fingerprint density at radius 1 is 1.07 bits per heavy atom. The molecule has 0 bridgehead atoms. The molecule has 0 unspecified atom stereocenters. The second-order valence-corrected chi connectivity index (χ2v) is 7.06. The highest BCUT2D eigenvalue weighted by atomic mass is 35.5. The normalized spacial score (nSPS) is 13.4. The van der Waals surface area contributed by atoms with Crippen LogP contribution in [0, 0.1) is 13.8 Å². The zero-order chi connectivity index (χ0) is 19.7. The summed E-state index contributed by atoms with van der Waals surface area (Å²) in [7, 11) is 1.65. The molecule has 3 aromatic rings. The highest BCUT2D eigenvalue weighted by molar-refractivity contribution is 6.33. The number of methoxy groups -OCH3 is 1. The number of benzene rings is 2. The predicted octanol–water partition coefficient (Wildman–Crippen LogP) is 3.34. The molecule has 0 saturated carbocycles. The minimum absolute atomic E-state index is 0.508. The third-order valence-electron chi connectivity index (χ3n) is 4.50. The van der Waals surface area contributed by atoms with Crippen LogP contribution in [0.25, 0.3) is 5.69 Å². The fraction of sp³-hybridized carbons (Fsp3) is 0.200. The SMILES string of the molecule is COc1ccc(CN2NNN=C2c2cnn(-c3cc(C)cc(C)c3)c2Cl)cc1. The van der Waals surface area contributed by atoms with Gasteiger partial charge in [0.1, 0.15) is 10.9 Å². The fourth-order valence-electron chi connectivity index (χ4n) is 3.22. The largest absolute Gasteiger partial charge is 0.497 e. The molecule has 1 aromatic heterocycles. The van der Waals surface area contributed by atoms with Gasteiger partial charge in [-0.1, -0.05) is 29.8 Å². The average molecular weight is 397 g/mol. The minimum atomic E-state index is 0.508. The van der Waals surface area contributed by atoms with Crippen molar-refractivity contribution in [3.05, 3.63) is 76.1 Å². The van der Waals surface area contributed by atoms with E-state index in [1.54, 1.807) is 18.0 Å². The molecule has 2 aromatic carbocycles. The van der Waals surface area contributed by atoms with Crippen molar-refractivity contribution in [3.8, 4) is 11.4 Å². The molecule has 4 rings (SSSR count). The number of rotatable bonds is 5. The zero-order valence-electron chi connectivity index (χ0n) is 15.9. The molecule has 0 fully saturated rings. The molecule has 0 radical (unpaired) electrons. The topological polar surface area (TPSA) is 66.7 Å². The molecule has 0 atom stereocenters. The highest BCUT2D eigenvalue weighted by Crippen LogP contribution is 2.24. The first kappa shape index (κ1) is 18.3. The number of hydrazone groups is 1. The maximum absolute atomic E-state index is 6.67. The highest BCUT2D eigenvalue weighted by Gasteiger charge is 2.24. The van der Waals surface area contributed by atoms with E-state index < -0.39 is 0 Å². The standard InChI is InChI=1S/C20H21ClN6O/c1-13-8-14(2)10-16(9-13)27-19(21)18(11-22-27)20-23-24-25-26(20)12-15-4-6-17(28-3)7-5-15/h4-11,24-25H,12H2,1-3H3. The number of aryl methyl sites for hydroxylation is 2. The van der Waals surface area contributed by atoms with Gasteiger partial charge in [0.05, 0.1) is 31.1 Å². The van der Waals surface area contributed by atoms with Crippen molar-refractivity contribution in [2.45, 2.75) is 20.4 Å². The van der Waals surface area contributed by atoms with Gasteiger partial charge in [-0.15, -0.1) is 10.6 Å². The van der Waals surface area contributed by atoms with Crippen LogP contribution in [-0.4, -0.2) is 27.7 Å². The van der Waals surface area contributed by atoms with Crippen LogP contribution in [-0.2, 0) is 6.54 Å². The Hall–Kier alpha value is -3.03.